The lowest BCUT2D eigenvalue weighted by Crippen LogP contribution is -2.28. The molecule has 0 aliphatic rings. The normalized spacial score (nSPS) is 11.4. The van der Waals surface area contributed by atoms with Crippen molar-refractivity contribution in [2.45, 2.75) is 19.0 Å². The van der Waals surface area contributed by atoms with Gasteiger partial charge in [-0.2, -0.15) is 13.2 Å². The van der Waals surface area contributed by atoms with Crippen LogP contribution < -0.4 is 10.2 Å². The largest absolute Gasteiger partial charge is 0.435 e. The fraction of sp³-hybridized carbons (Fsp3) is 0.286. The Morgan fingerprint density at radius 2 is 1.84 bits per heavy atom. The molecule has 0 aliphatic carbocycles. The predicted octanol–water partition coefficient (Wildman–Crippen LogP) is 3.85. The van der Waals surface area contributed by atoms with Gasteiger partial charge in [0.05, 0.1) is 5.69 Å². The summed E-state index contributed by atoms with van der Waals surface area (Å²) < 4.78 is 54.7. The molecule has 10 heteroatoms. The van der Waals surface area contributed by atoms with Gasteiger partial charge in [0.2, 0.25) is 0 Å². The monoisotopic (exact) mass is 435 g/mol. The minimum Gasteiger partial charge on any atom is -0.378 e. The van der Waals surface area contributed by atoms with Gasteiger partial charge in [-0.15, -0.1) is 5.10 Å². The number of hydrogen-bond donors (Lipinski definition) is 1. The molecule has 2 aromatic carbocycles. The number of amides is 1. The van der Waals surface area contributed by atoms with Gasteiger partial charge in [-0.05, 0) is 48.7 Å². The molecule has 0 atom stereocenters. The number of aryl methyl sites for hydroxylation is 1. The highest BCUT2D eigenvalue weighted by Crippen LogP contribution is 2.32. The summed E-state index contributed by atoms with van der Waals surface area (Å²) in [4.78, 5) is 14.3. The fourth-order valence-corrected chi connectivity index (χ4v) is 3.02. The molecule has 1 heterocycles. The van der Waals surface area contributed by atoms with Crippen LogP contribution in [0.4, 0.5) is 23.2 Å². The second kappa shape index (κ2) is 9.15. The van der Waals surface area contributed by atoms with Crippen molar-refractivity contribution in [1.82, 2.24) is 20.3 Å². The summed E-state index contributed by atoms with van der Waals surface area (Å²) in [6.45, 7) is 0.165. The number of alkyl halides is 3. The Labute approximate surface area is 176 Å². The van der Waals surface area contributed by atoms with Crippen molar-refractivity contribution in [3.63, 3.8) is 0 Å². The van der Waals surface area contributed by atoms with E-state index in [0.717, 1.165) is 23.4 Å². The van der Waals surface area contributed by atoms with Crippen LogP contribution in [0.25, 0.3) is 5.69 Å². The lowest BCUT2D eigenvalue weighted by Gasteiger charge is -2.13. The molecule has 0 aliphatic heterocycles. The number of rotatable bonds is 7. The van der Waals surface area contributed by atoms with E-state index in [1.165, 1.54) is 12.1 Å². The molecular formula is C21H21F4N5O. The second-order valence-corrected chi connectivity index (χ2v) is 7.10. The lowest BCUT2D eigenvalue weighted by atomic mass is 10.1. The van der Waals surface area contributed by atoms with E-state index in [9.17, 15) is 22.4 Å². The van der Waals surface area contributed by atoms with Gasteiger partial charge >= 0.3 is 6.18 Å². The van der Waals surface area contributed by atoms with Crippen LogP contribution in [-0.4, -0.2) is 41.5 Å². The van der Waals surface area contributed by atoms with Crippen molar-refractivity contribution < 1.29 is 22.4 Å². The Kier molecular flexibility index (Phi) is 6.57. The summed E-state index contributed by atoms with van der Waals surface area (Å²) >= 11 is 0. The first-order valence-corrected chi connectivity index (χ1v) is 9.50. The van der Waals surface area contributed by atoms with Crippen LogP contribution in [0.5, 0.6) is 0 Å². The molecule has 0 spiro atoms. The number of halogens is 4. The zero-order valence-corrected chi connectivity index (χ0v) is 16.9. The van der Waals surface area contributed by atoms with Crippen LogP contribution in [0.2, 0.25) is 0 Å². The van der Waals surface area contributed by atoms with E-state index in [1.807, 2.05) is 43.3 Å². The first-order chi connectivity index (χ1) is 14.7. The van der Waals surface area contributed by atoms with E-state index in [4.69, 9.17) is 0 Å². The first kappa shape index (κ1) is 22.3. The Balaban J connectivity index is 1.67. The first-order valence-electron chi connectivity index (χ1n) is 9.50. The van der Waals surface area contributed by atoms with Crippen molar-refractivity contribution in [2.75, 3.05) is 25.5 Å². The number of benzene rings is 2. The third-order valence-electron chi connectivity index (χ3n) is 4.59. The second-order valence-electron chi connectivity index (χ2n) is 7.10. The minimum absolute atomic E-state index is 0.165. The molecule has 0 bridgehead atoms. The third kappa shape index (κ3) is 5.39. The van der Waals surface area contributed by atoms with Crippen LogP contribution in [0, 0.1) is 5.82 Å². The summed E-state index contributed by atoms with van der Waals surface area (Å²) in [6, 6.07) is 12.3. The van der Waals surface area contributed by atoms with Crippen LogP contribution in [-0.2, 0) is 12.6 Å². The maximum atomic E-state index is 13.6. The summed E-state index contributed by atoms with van der Waals surface area (Å²) in [5.74, 6) is -1.72. The Morgan fingerprint density at radius 3 is 2.45 bits per heavy atom. The molecule has 31 heavy (non-hydrogen) atoms. The number of anilines is 1. The molecule has 6 nitrogen and oxygen atoms in total. The number of aromatic nitrogens is 3. The summed E-state index contributed by atoms with van der Waals surface area (Å²) in [7, 11) is 3.87. The van der Waals surface area contributed by atoms with E-state index in [0.29, 0.717) is 17.5 Å². The SMILES string of the molecule is CN(C)c1ccc(CCCNC(=O)c2nnn(-c3cccc(F)c3)c2C(F)(F)F)cc1. The summed E-state index contributed by atoms with van der Waals surface area (Å²) in [5.41, 5.74) is -0.284. The van der Waals surface area contributed by atoms with E-state index >= 15 is 0 Å². The van der Waals surface area contributed by atoms with Crippen molar-refractivity contribution in [1.29, 1.82) is 0 Å². The smallest absolute Gasteiger partial charge is 0.378 e. The average molecular weight is 435 g/mol. The highest BCUT2D eigenvalue weighted by molar-refractivity contribution is 5.93. The van der Waals surface area contributed by atoms with Crippen LogP contribution in [0.3, 0.4) is 0 Å². The van der Waals surface area contributed by atoms with Crippen LogP contribution >= 0.6 is 0 Å². The number of hydrogen-bond acceptors (Lipinski definition) is 4. The van der Waals surface area contributed by atoms with E-state index < -0.39 is 29.3 Å². The van der Waals surface area contributed by atoms with Gasteiger partial charge in [0.25, 0.3) is 5.91 Å². The lowest BCUT2D eigenvalue weighted by molar-refractivity contribution is -0.143. The average Bonchev–Trinajstić information content (AvgIpc) is 3.17. The topological polar surface area (TPSA) is 63.1 Å². The van der Waals surface area contributed by atoms with E-state index in [-0.39, 0.29) is 12.2 Å². The summed E-state index contributed by atoms with van der Waals surface area (Å²) in [6.07, 6.45) is -3.72. The summed E-state index contributed by atoms with van der Waals surface area (Å²) in [5, 5.41) is 9.28. The minimum atomic E-state index is -4.91. The van der Waals surface area contributed by atoms with Gasteiger partial charge < -0.3 is 10.2 Å². The Bertz CT molecular complexity index is 1040. The zero-order valence-electron chi connectivity index (χ0n) is 16.9. The van der Waals surface area contributed by atoms with Crippen molar-refractivity contribution in [3.8, 4) is 5.69 Å². The molecule has 1 aromatic heterocycles. The fourth-order valence-electron chi connectivity index (χ4n) is 3.02. The van der Waals surface area contributed by atoms with Gasteiger partial charge in [0.1, 0.15) is 5.82 Å². The maximum Gasteiger partial charge on any atom is 0.435 e. The molecule has 0 radical (unpaired) electrons. The molecule has 164 valence electrons. The zero-order chi connectivity index (χ0) is 22.6. The highest BCUT2D eigenvalue weighted by atomic mass is 19.4. The van der Waals surface area contributed by atoms with Gasteiger partial charge in [-0.1, -0.05) is 23.4 Å². The van der Waals surface area contributed by atoms with E-state index in [2.05, 4.69) is 15.6 Å². The van der Waals surface area contributed by atoms with Crippen molar-refractivity contribution in [3.05, 3.63) is 71.3 Å². The van der Waals surface area contributed by atoms with Crippen molar-refractivity contribution >= 4 is 11.6 Å². The molecular weight excluding hydrogens is 414 g/mol. The molecule has 1 N–H and O–H groups in total. The number of carbonyl (C=O) groups is 1. The molecule has 1 amide bonds. The molecule has 0 saturated heterocycles. The molecule has 0 fully saturated rings. The quantitative estimate of drug-likeness (QED) is 0.452. The molecule has 3 aromatic rings. The predicted molar refractivity (Wildman–Crippen MR) is 108 cm³/mol. The Morgan fingerprint density at radius 1 is 1.13 bits per heavy atom. The van der Waals surface area contributed by atoms with Crippen molar-refractivity contribution in [2.24, 2.45) is 0 Å². The van der Waals surface area contributed by atoms with Gasteiger partial charge in [-0.3, -0.25) is 4.79 Å². The number of nitrogens with zero attached hydrogens (tertiary/aromatic N) is 4. The third-order valence-corrected chi connectivity index (χ3v) is 4.59. The number of carbonyl (C=O) groups excluding carboxylic acids is 1. The standard InChI is InChI=1S/C21H21F4N5O/c1-29(2)16-10-8-14(9-11-16)5-4-12-26-20(31)18-19(21(23,24)25)30(28-27-18)17-7-3-6-15(22)13-17/h3,6-11,13H,4-5,12H2,1-2H3,(H,26,31). The van der Waals surface area contributed by atoms with Crippen LogP contribution in [0.15, 0.2) is 48.5 Å². The number of nitrogens with one attached hydrogen (secondary N) is 1. The Hall–Kier alpha value is -3.43. The van der Waals surface area contributed by atoms with E-state index in [1.54, 1.807) is 0 Å². The highest BCUT2D eigenvalue weighted by Gasteiger charge is 2.42. The van der Waals surface area contributed by atoms with Gasteiger partial charge in [0, 0.05) is 26.3 Å². The van der Waals surface area contributed by atoms with Gasteiger partial charge in [0.15, 0.2) is 11.4 Å². The van der Waals surface area contributed by atoms with Gasteiger partial charge in [-0.25, -0.2) is 9.07 Å². The maximum absolute atomic E-state index is 13.6. The molecule has 3 rings (SSSR count). The van der Waals surface area contributed by atoms with Crippen LogP contribution in [0.1, 0.15) is 28.2 Å². The molecule has 0 saturated carbocycles. The molecule has 0 unspecified atom stereocenters.